The third-order valence-electron chi connectivity index (χ3n) is 1.93. The van der Waals surface area contributed by atoms with E-state index in [0.29, 0.717) is 6.54 Å². The van der Waals surface area contributed by atoms with Crippen LogP contribution in [0.15, 0.2) is 30.3 Å². The number of rotatable bonds is 5. The fourth-order valence-corrected chi connectivity index (χ4v) is 1.21. The zero-order valence-corrected chi connectivity index (χ0v) is 9.23. The first-order chi connectivity index (χ1) is 7.68. The van der Waals surface area contributed by atoms with Gasteiger partial charge in [0.15, 0.2) is 0 Å². The van der Waals surface area contributed by atoms with E-state index in [1.54, 1.807) is 0 Å². The first-order valence-electron chi connectivity index (χ1n) is 5.12. The molecule has 0 aliphatic rings. The Kier molecular flexibility index (Phi) is 5.05. The van der Waals surface area contributed by atoms with Gasteiger partial charge in [0.2, 0.25) is 5.91 Å². The van der Waals surface area contributed by atoms with Crippen molar-refractivity contribution in [1.29, 1.82) is 0 Å². The van der Waals surface area contributed by atoms with E-state index in [1.165, 1.54) is 6.92 Å². The summed E-state index contributed by atoms with van der Waals surface area (Å²) in [5, 5.41) is 2.55. The number of benzene rings is 1. The van der Waals surface area contributed by atoms with Crippen LogP contribution < -0.4 is 5.32 Å². The summed E-state index contributed by atoms with van der Waals surface area (Å²) in [6, 6.07) is 9.38. The van der Waals surface area contributed by atoms with E-state index in [0.717, 1.165) is 5.56 Å². The van der Waals surface area contributed by atoms with Crippen LogP contribution in [0.3, 0.4) is 0 Å². The second-order valence-electron chi connectivity index (χ2n) is 3.37. The number of esters is 1. The minimum absolute atomic E-state index is 0.126. The number of nitrogens with one attached hydrogen (secondary N) is 1. The normalized spacial score (nSPS) is 9.56. The van der Waals surface area contributed by atoms with Crippen LogP contribution in [0.25, 0.3) is 0 Å². The molecule has 1 aromatic carbocycles. The Morgan fingerprint density at radius 1 is 1.25 bits per heavy atom. The average molecular weight is 221 g/mol. The summed E-state index contributed by atoms with van der Waals surface area (Å²) in [7, 11) is 0. The second-order valence-corrected chi connectivity index (χ2v) is 3.37. The van der Waals surface area contributed by atoms with E-state index in [9.17, 15) is 9.59 Å². The number of hydrogen-bond donors (Lipinski definition) is 1. The van der Waals surface area contributed by atoms with Crippen LogP contribution in [0.2, 0.25) is 0 Å². The van der Waals surface area contributed by atoms with E-state index in [4.69, 9.17) is 4.74 Å². The average Bonchev–Trinajstić information content (AvgIpc) is 2.25. The van der Waals surface area contributed by atoms with Crippen molar-refractivity contribution >= 4 is 11.9 Å². The quantitative estimate of drug-likeness (QED) is 0.594. The van der Waals surface area contributed by atoms with Crippen LogP contribution in [0.1, 0.15) is 12.5 Å². The molecular formula is C12H15NO3. The highest BCUT2D eigenvalue weighted by atomic mass is 16.5. The smallest absolute Gasteiger partial charge is 0.310 e. The Morgan fingerprint density at radius 2 is 1.94 bits per heavy atom. The van der Waals surface area contributed by atoms with E-state index in [2.05, 4.69) is 5.32 Å². The van der Waals surface area contributed by atoms with Gasteiger partial charge in [-0.05, 0) is 5.56 Å². The minimum Gasteiger partial charge on any atom is -0.464 e. The first-order valence-corrected chi connectivity index (χ1v) is 5.12. The van der Waals surface area contributed by atoms with Crippen molar-refractivity contribution in [1.82, 2.24) is 5.32 Å². The summed E-state index contributed by atoms with van der Waals surface area (Å²) in [4.78, 5) is 21.9. The Bertz CT molecular complexity index is 349. The lowest BCUT2D eigenvalue weighted by molar-refractivity contribution is -0.143. The Labute approximate surface area is 94.6 Å². The molecule has 1 rings (SSSR count). The van der Waals surface area contributed by atoms with E-state index in [-0.39, 0.29) is 24.9 Å². The molecule has 0 radical (unpaired) electrons. The molecule has 0 bridgehead atoms. The van der Waals surface area contributed by atoms with Gasteiger partial charge in [-0.1, -0.05) is 30.3 Å². The highest BCUT2D eigenvalue weighted by molar-refractivity contribution is 5.73. The van der Waals surface area contributed by atoms with Crippen molar-refractivity contribution in [3.8, 4) is 0 Å². The van der Waals surface area contributed by atoms with Gasteiger partial charge in [0.25, 0.3) is 0 Å². The summed E-state index contributed by atoms with van der Waals surface area (Å²) in [6.45, 7) is 1.99. The summed E-state index contributed by atoms with van der Waals surface area (Å²) >= 11 is 0. The molecule has 0 aliphatic heterocycles. The van der Waals surface area contributed by atoms with Crippen molar-refractivity contribution in [2.24, 2.45) is 0 Å². The van der Waals surface area contributed by atoms with Gasteiger partial charge in [0, 0.05) is 6.92 Å². The SMILES string of the molecule is CC(=O)NCCOC(=O)Cc1ccccc1. The molecule has 1 aromatic rings. The fraction of sp³-hybridized carbons (Fsp3) is 0.333. The maximum Gasteiger partial charge on any atom is 0.310 e. The Morgan fingerprint density at radius 3 is 2.56 bits per heavy atom. The summed E-state index contributed by atoms with van der Waals surface area (Å²) in [6.07, 6.45) is 0.265. The van der Waals surface area contributed by atoms with Crippen LogP contribution in [0, 0.1) is 0 Å². The van der Waals surface area contributed by atoms with Crippen molar-refractivity contribution < 1.29 is 14.3 Å². The summed E-state index contributed by atoms with van der Waals surface area (Å²) in [5.41, 5.74) is 0.923. The number of carbonyl (C=O) groups is 2. The molecule has 0 atom stereocenters. The molecule has 86 valence electrons. The molecule has 0 unspecified atom stereocenters. The first kappa shape index (κ1) is 12.2. The predicted molar refractivity (Wildman–Crippen MR) is 59.8 cm³/mol. The van der Waals surface area contributed by atoms with E-state index in [1.807, 2.05) is 30.3 Å². The third-order valence-corrected chi connectivity index (χ3v) is 1.93. The highest BCUT2D eigenvalue weighted by Crippen LogP contribution is 2.00. The largest absolute Gasteiger partial charge is 0.464 e. The van der Waals surface area contributed by atoms with Crippen molar-refractivity contribution in [2.45, 2.75) is 13.3 Å². The summed E-state index contributed by atoms with van der Waals surface area (Å²) in [5.74, 6) is -0.407. The van der Waals surface area contributed by atoms with Crippen LogP contribution in [-0.4, -0.2) is 25.0 Å². The molecule has 4 heteroatoms. The minimum atomic E-state index is -0.281. The maximum absolute atomic E-state index is 11.3. The number of amides is 1. The van der Waals surface area contributed by atoms with Gasteiger partial charge in [-0.2, -0.15) is 0 Å². The van der Waals surface area contributed by atoms with Gasteiger partial charge in [-0.3, -0.25) is 9.59 Å². The number of ether oxygens (including phenoxy) is 1. The van der Waals surface area contributed by atoms with Crippen molar-refractivity contribution in [2.75, 3.05) is 13.2 Å². The van der Waals surface area contributed by atoms with Crippen molar-refractivity contribution in [3.63, 3.8) is 0 Å². The molecule has 4 nitrogen and oxygen atoms in total. The molecule has 0 aromatic heterocycles. The lowest BCUT2D eigenvalue weighted by Gasteiger charge is -2.05. The maximum atomic E-state index is 11.3. The third kappa shape index (κ3) is 5.14. The van der Waals surface area contributed by atoms with Crippen molar-refractivity contribution in [3.05, 3.63) is 35.9 Å². The van der Waals surface area contributed by atoms with Gasteiger partial charge < -0.3 is 10.1 Å². The van der Waals surface area contributed by atoms with Crippen LogP contribution in [0.5, 0.6) is 0 Å². The van der Waals surface area contributed by atoms with E-state index < -0.39 is 0 Å². The summed E-state index contributed by atoms with van der Waals surface area (Å²) < 4.78 is 4.94. The molecule has 0 fully saturated rings. The monoisotopic (exact) mass is 221 g/mol. The Hall–Kier alpha value is -1.84. The zero-order chi connectivity index (χ0) is 11.8. The van der Waals surface area contributed by atoms with Gasteiger partial charge in [-0.15, -0.1) is 0 Å². The molecule has 0 saturated heterocycles. The van der Waals surface area contributed by atoms with E-state index >= 15 is 0 Å². The zero-order valence-electron chi connectivity index (χ0n) is 9.23. The van der Waals surface area contributed by atoms with Crippen LogP contribution in [0.4, 0.5) is 0 Å². The molecule has 0 spiro atoms. The topological polar surface area (TPSA) is 55.4 Å². The van der Waals surface area contributed by atoms with Gasteiger partial charge in [0.05, 0.1) is 13.0 Å². The van der Waals surface area contributed by atoms with Gasteiger partial charge in [-0.25, -0.2) is 0 Å². The Balaban J connectivity index is 2.19. The molecule has 0 aliphatic carbocycles. The van der Waals surface area contributed by atoms with Crippen LogP contribution in [-0.2, 0) is 20.7 Å². The second kappa shape index (κ2) is 6.61. The molecule has 16 heavy (non-hydrogen) atoms. The number of hydrogen-bond acceptors (Lipinski definition) is 3. The molecule has 1 N–H and O–H groups in total. The highest BCUT2D eigenvalue weighted by Gasteiger charge is 2.03. The standard InChI is InChI=1S/C12H15NO3/c1-10(14)13-7-8-16-12(15)9-11-5-3-2-4-6-11/h2-6H,7-9H2,1H3,(H,13,14). The molecule has 1 amide bonds. The van der Waals surface area contributed by atoms with Crippen LogP contribution >= 0.6 is 0 Å². The number of carbonyl (C=O) groups excluding carboxylic acids is 2. The fourth-order valence-electron chi connectivity index (χ4n) is 1.21. The lowest BCUT2D eigenvalue weighted by atomic mass is 10.2. The lowest BCUT2D eigenvalue weighted by Crippen LogP contribution is -2.25. The van der Waals surface area contributed by atoms with Gasteiger partial charge >= 0.3 is 5.97 Å². The molecular weight excluding hydrogens is 206 g/mol. The molecule has 0 saturated carbocycles. The van der Waals surface area contributed by atoms with Gasteiger partial charge in [0.1, 0.15) is 6.61 Å². The predicted octanol–water partition coefficient (Wildman–Crippen LogP) is 0.908. The molecule has 0 heterocycles.